The molecule has 20 heavy (non-hydrogen) atoms. The van der Waals surface area contributed by atoms with Gasteiger partial charge in [0.1, 0.15) is 0 Å². The smallest absolute Gasteiger partial charge is 0.243 e. The van der Waals surface area contributed by atoms with E-state index in [2.05, 4.69) is 5.32 Å². The fraction of sp³-hybridized carbons (Fsp3) is 0.538. The van der Waals surface area contributed by atoms with Crippen LogP contribution in [0.4, 0.5) is 0 Å². The van der Waals surface area contributed by atoms with Crippen molar-refractivity contribution in [3.8, 4) is 0 Å². The summed E-state index contributed by atoms with van der Waals surface area (Å²) >= 11 is 11.8. The Bertz CT molecular complexity index is 621. The quantitative estimate of drug-likeness (QED) is 0.902. The summed E-state index contributed by atoms with van der Waals surface area (Å²) in [5.41, 5.74) is 0. The number of fused-ring (bicyclic) bond motifs is 1. The minimum Gasteiger partial charge on any atom is -0.316 e. The number of hydrogen-bond acceptors (Lipinski definition) is 3. The summed E-state index contributed by atoms with van der Waals surface area (Å²) in [4.78, 5) is 0.219. The van der Waals surface area contributed by atoms with Gasteiger partial charge in [-0.15, -0.1) is 0 Å². The zero-order valence-electron chi connectivity index (χ0n) is 10.9. The molecule has 2 fully saturated rings. The Kier molecular flexibility index (Phi) is 3.99. The van der Waals surface area contributed by atoms with Crippen LogP contribution in [0.5, 0.6) is 0 Å². The standard InChI is InChI=1S/C13H16Cl2N2O2S/c14-12-2-1-11(5-13(12)15)20(18,19)17-4-3-9-6-16-7-10(9)8-17/h1-2,5,9-10,16H,3-4,6-8H2. The predicted octanol–water partition coefficient (Wildman–Crippen LogP) is 2.22. The summed E-state index contributed by atoms with van der Waals surface area (Å²) in [5.74, 6) is 1.02. The SMILES string of the molecule is O=S(=O)(c1ccc(Cl)c(Cl)c1)N1CCC2CNCC2C1. The number of rotatable bonds is 2. The summed E-state index contributed by atoms with van der Waals surface area (Å²) in [6.45, 7) is 3.06. The highest BCUT2D eigenvalue weighted by Gasteiger charge is 2.37. The van der Waals surface area contributed by atoms with Crippen LogP contribution < -0.4 is 5.32 Å². The largest absolute Gasteiger partial charge is 0.316 e. The lowest BCUT2D eigenvalue weighted by molar-refractivity contribution is 0.228. The summed E-state index contributed by atoms with van der Waals surface area (Å²) in [7, 11) is -3.48. The molecule has 0 aliphatic carbocycles. The molecule has 0 radical (unpaired) electrons. The number of nitrogens with one attached hydrogen (secondary N) is 1. The number of piperidine rings is 1. The topological polar surface area (TPSA) is 49.4 Å². The van der Waals surface area contributed by atoms with Crippen LogP contribution in [-0.4, -0.2) is 38.9 Å². The maximum absolute atomic E-state index is 12.6. The normalized spacial score (nSPS) is 27.5. The molecule has 7 heteroatoms. The molecule has 4 nitrogen and oxygen atoms in total. The van der Waals surface area contributed by atoms with Gasteiger partial charge in [0.15, 0.2) is 0 Å². The van der Waals surface area contributed by atoms with Crippen molar-refractivity contribution >= 4 is 33.2 Å². The van der Waals surface area contributed by atoms with Gasteiger partial charge >= 0.3 is 0 Å². The van der Waals surface area contributed by atoms with Crippen molar-refractivity contribution < 1.29 is 8.42 Å². The second-order valence-electron chi connectivity index (χ2n) is 5.41. The first-order chi connectivity index (χ1) is 9.48. The molecule has 3 rings (SSSR count). The molecular weight excluding hydrogens is 319 g/mol. The van der Waals surface area contributed by atoms with Gasteiger partial charge in [-0.1, -0.05) is 23.2 Å². The van der Waals surface area contributed by atoms with Crippen molar-refractivity contribution in [2.75, 3.05) is 26.2 Å². The van der Waals surface area contributed by atoms with Crippen LogP contribution in [0.3, 0.4) is 0 Å². The average molecular weight is 335 g/mol. The molecule has 2 heterocycles. The Labute approximate surface area is 129 Å². The van der Waals surface area contributed by atoms with E-state index >= 15 is 0 Å². The molecule has 0 spiro atoms. The number of sulfonamides is 1. The van der Waals surface area contributed by atoms with Crippen LogP contribution in [0.15, 0.2) is 23.1 Å². The number of benzene rings is 1. The Balaban J connectivity index is 1.86. The third-order valence-corrected chi connectivity index (χ3v) is 6.80. The molecule has 2 unspecified atom stereocenters. The highest BCUT2D eigenvalue weighted by Crippen LogP contribution is 2.31. The fourth-order valence-electron chi connectivity index (χ4n) is 3.01. The first-order valence-corrected chi connectivity index (χ1v) is 8.84. The maximum atomic E-state index is 12.6. The van der Waals surface area contributed by atoms with Gasteiger partial charge in [-0.25, -0.2) is 8.42 Å². The van der Waals surface area contributed by atoms with E-state index in [4.69, 9.17) is 23.2 Å². The lowest BCUT2D eigenvalue weighted by Crippen LogP contribution is -2.43. The van der Waals surface area contributed by atoms with Gasteiger partial charge in [0, 0.05) is 13.1 Å². The van der Waals surface area contributed by atoms with E-state index in [1.54, 1.807) is 4.31 Å². The summed E-state index contributed by atoms with van der Waals surface area (Å²) in [6.07, 6.45) is 0.915. The van der Waals surface area contributed by atoms with Gasteiger partial charge in [-0.2, -0.15) is 4.31 Å². The lowest BCUT2D eigenvalue weighted by Gasteiger charge is -2.33. The Morgan fingerprint density at radius 3 is 2.65 bits per heavy atom. The molecule has 1 N–H and O–H groups in total. The molecule has 2 atom stereocenters. The fourth-order valence-corrected chi connectivity index (χ4v) is 4.91. The maximum Gasteiger partial charge on any atom is 0.243 e. The van der Waals surface area contributed by atoms with E-state index in [0.29, 0.717) is 29.9 Å². The van der Waals surface area contributed by atoms with Crippen LogP contribution in [0.2, 0.25) is 10.0 Å². The predicted molar refractivity (Wildman–Crippen MR) is 79.7 cm³/mol. The van der Waals surface area contributed by atoms with Crippen LogP contribution in [0.1, 0.15) is 6.42 Å². The number of nitrogens with zero attached hydrogens (tertiary/aromatic N) is 1. The Morgan fingerprint density at radius 1 is 1.15 bits per heavy atom. The minimum atomic E-state index is -3.48. The van der Waals surface area contributed by atoms with Crippen LogP contribution >= 0.6 is 23.2 Å². The van der Waals surface area contributed by atoms with E-state index in [9.17, 15) is 8.42 Å². The van der Waals surface area contributed by atoms with Gasteiger partial charge in [-0.05, 0) is 49.5 Å². The Hall–Kier alpha value is -0.330. The first-order valence-electron chi connectivity index (χ1n) is 6.64. The molecule has 2 aliphatic rings. The van der Waals surface area contributed by atoms with E-state index in [-0.39, 0.29) is 9.92 Å². The van der Waals surface area contributed by atoms with Gasteiger partial charge in [0.05, 0.1) is 14.9 Å². The monoisotopic (exact) mass is 334 g/mol. The molecular formula is C13H16Cl2N2O2S. The van der Waals surface area contributed by atoms with Crippen molar-refractivity contribution in [1.82, 2.24) is 9.62 Å². The average Bonchev–Trinajstić information content (AvgIpc) is 2.89. The van der Waals surface area contributed by atoms with Crippen molar-refractivity contribution in [2.24, 2.45) is 11.8 Å². The molecule has 1 aromatic rings. The van der Waals surface area contributed by atoms with Crippen molar-refractivity contribution in [3.05, 3.63) is 28.2 Å². The Morgan fingerprint density at radius 2 is 1.90 bits per heavy atom. The van der Waals surface area contributed by atoms with Crippen molar-refractivity contribution in [2.45, 2.75) is 11.3 Å². The molecule has 0 bridgehead atoms. The molecule has 2 aliphatic heterocycles. The zero-order chi connectivity index (χ0) is 14.3. The number of hydrogen-bond donors (Lipinski definition) is 1. The van der Waals surface area contributed by atoms with Gasteiger partial charge in [-0.3, -0.25) is 0 Å². The van der Waals surface area contributed by atoms with Gasteiger partial charge < -0.3 is 5.32 Å². The third kappa shape index (κ3) is 2.57. The van der Waals surface area contributed by atoms with Crippen LogP contribution in [0.25, 0.3) is 0 Å². The van der Waals surface area contributed by atoms with Crippen molar-refractivity contribution in [3.63, 3.8) is 0 Å². The highest BCUT2D eigenvalue weighted by atomic mass is 35.5. The summed E-state index contributed by atoms with van der Waals surface area (Å²) in [6, 6.07) is 4.47. The third-order valence-electron chi connectivity index (χ3n) is 4.20. The summed E-state index contributed by atoms with van der Waals surface area (Å²) < 4.78 is 26.9. The molecule has 0 saturated carbocycles. The second-order valence-corrected chi connectivity index (χ2v) is 8.16. The lowest BCUT2D eigenvalue weighted by atomic mass is 9.90. The molecule has 2 saturated heterocycles. The van der Waals surface area contributed by atoms with E-state index in [1.165, 1.54) is 18.2 Å². The highest BCUT2D eigenvalue weighted by molar-refractivity contribution is 7.89. The van der Waals surface area contributed by atoms with E-state index < -0.39 is 10.0 Å². The molecule has 110 valence electrons. The molecule has 0 amide bonds. The van der Waals surface area contributed by atoms with Crippen LogP contribution in [0, 0.1) is 11.8 Å². The van der Waals surface area contributed by atoms with E-state index in [1.807, 2.05) is 0 Å². The molecule has 1 aromatic carbocycles. The minimum absolute atomic E-state index is 0.219. The summed E-state index contributed by atoms with van der Waals surface area (Å²) in [5, 5.41) is 3.97. The van der Waals surface area contributed by atoms with Crippen LogP contribution in [-0.2, 0) is 10.0 Å². The van der Waals surface area contributed by atoms with E-state index in [0.717, 1.165) is 19.5 Å². The second kappa shape index (κ2) is 5.46. The zero-order valence-corrected chi connectivity index (χ0v) is 13.2. The van der Waals surface area contributed by atoms with Crippen molar-refractivity contribution in [1.29, 1.82) is 0 Å². The first kappa shape index (κ1) is 14.6. The van der Waals surface area contributed by atoms with Gasteiger partial charge in [0.2, 0.25) is 10.0 Å². The molecule has 0 aromatic heterocycles. The van der Waals surface area contributed by atoms with Gasteiger partial charge in [0.25, 0.3) is 0 Å². The number of halogens is 2.